The van der Waals surface area contributed by atoms with E-state index in [2.05, 4.69) is 15.5 Å². The maximum absolute atomic E-state index is 13.1. The number of anilines is 1. The molecule has 7 heteroatoms. The molecule has 0 aliphatic carbocycles. The molecule has 1 heterocycles. The second-order valence-electron chi connectivity index (χ2n) is 7.19. The average molecular weight is 399 g/mol. The Bertz CT molecular complexity index is 824. The van der Waals surface area contributed by atoms with E-state index in [0.29, 0.717) is 12.2 Å². The summed E-state index contributed by atoms with van der Waals surface area (Å²) in [5.74, 6) is -0.477. The molecule has 3 N–H and O–H groups in total. The van der Waals surface area contributed by atoms with Gasteiger partial charge in [-0.25, -0.2) is 4.39 Å². The van der Waals surface area contributed by atoms with Crippen LogP contribution in [-0.4, -0.2) is 47.6 Å². The van der Waals surface area contributed by atoms with Crippen LogP contribution in [0.2, 0.25) is 0 Å². The molecule has 6 nitrogen and oxygen atoms in total. The lowest BCUT2D eigenvalue weighted by molar-refractivity contribution is -0.121. The summed E-state index contributed by atoms with van der Waals surface area (Å²) in [6.45, 7) is 1.59. The Kier molecular flexibility index (Phi) is 7.32. The Morgan fingerprint density at radius 3 is 2.45 bits per heavy atom. The number of aliphatic hydroxyl groups excluding tert-OH is 1. The number of benzene rings is 2. The molecule has 154 valence electrons. The molecule has 1 fully saturated rings. The van der Waals surface area contributed by atoms with Crippen molar-refractivity contribution in [2.45, 2.75) is 31.8 Å². The van der Waals surface area contributed by atoms with E-state index >= 15 is 0 Å². The van der Waals surface area contributed by atoms with Gasteiger partial charge in [0.1, 0.15) is 5.82 Å². The number of likely N-dealkylation sites (tertiary alicyclic amines) is 1. The van der Waals surface area contributed by atoms with Gasteiger partial charge in [-0.05, 0) is 54.8 Å². The molecule has 2 aromatic rings. The molecule has 1 aliphatic heterocycles. The van der Waals surface area contributed by atoms with Gasteiger partial charge < -0.3 is 15.7 Å². The fourth-order valence-corrected chi connectivity index (χ4v) is 3.51. The minimum absolute atomic E-state index is 0.0574. The number of hydrogen-bond acceptors (Lipinski definition) is 4. The van der Waals surface area contributed by atoms with Crippen molar-refractivity contribution < 1.29 is 19.1 Å². The molecule has 1 aliphatic rings. The highest BCUT2D eigenvalue weighted by Gasteiger charge is 2.30. The molecule has 0 spiro atoms. The van der Waals surface area contributed by atoms with Crippen LogP contribution in [0.1, 0.15) is 24.0 Å². The van der Waals surface area contributed by atoms with E-state index < -0.39 is 0 Å². The molecule has 29 heavy (non-hydrogen) atoms. The third-order valence-electron chi connectivity index (χ3n) is 4.99. The molecule has 0 radical (unpaired) electrons. The van der Waals surface area contributed by atoms with Crippen molar-refractivity contribution >= 4 is 17.5 Å². The van der Waals surface area contributed by atoms with Gasteiger partial charge in [0.2, 0.25) is 11.8 Å². The largest absolute Gasteiger partial charge is 0.395 e. The van der Waals surface area contributed by atoms with Gasteiger partial charge in [0, 0.05) is 18.8 Å². The van der Waals surface area contributed by atoms with Crippen molar-refractivity contribution in [3.05, 3.63) is 65.5 Å². The van der Waals surface area contributed by atoms with E-state index in [-0.39, 0.29) is 43.2 Å². The SMILES string of the molecule is O=C(Cc1ccc(NC(=O)C2CCCN2Cc2ccc(F)cc2)cc1)NCCO. The van der Waals surface area contributed by atoms with Crippen LogP contribution in [0.3, 0.4) is 0 Å². The highest BCUT2D eigenvalue weighted by atomic mass is 19.1. The van der Waals surface area contributed by atoms with Gasteiger partial charge in [0.25, 0.3) is 0 Å². The normalized spacial score (nSPS) is 16.6. The maximum atomic E-state index is 13.1. The first-order chi connectivity index (χ1) is 14.0. The number of amides is 2. The lowest BCUT2D eigenvalue weighted by Crippen LogP contribution is -2.39. The quantitative estimate of drug-likeness (QED) is 0.635. The first-order valence-corrected chi connectivity index (χ1v) is 9.81. The summed E-state index contributed by atoms with van der Waals surface area (Å²) in [5.41, 5.74) is 2.50. The summed E-state index contributed by atoms with van der Waals surface area (Å²) in [4.78, 5) is 26.6. The monoisotopic (exact) mass is 399 g/mol. The molecule has 0 bridgehead atoms. The van der Waals surface area contributed by atoms with Crippen LogP contribution in [0.4, 0.5) is 10.1 Å². The summed E-state index contributed by atoms with van der Waals surface area (Å²) in [5, 5.41) is 14.3. The smallest absolute Gasteiger partial charge is 0.241 e. The standard InChI is InChI=1S/C22H26FN3O3/c23-18-7-3-17(4-8-18)15-26-12-1-2-20(26)22(29)25-19-9-5-16(6-10-19)14-21(28)24-11-13-27/h3-10,20,27H,1-2,11-15H2,(H,24,28)(H,25,29). The van der Waals surface area contributed by atoms with E-state index in [1.54, 1.807) is 36.4 Å². The lowest BCUT2D eigenvalue weighted by Gasteiger charge is -2.23. The zero-order valence-corrected chi connectivity index (χ0v) is 16.2. The molecule has 1 saturated heterocycles. The van der Waals surface area contributed by atoms with Crippen LogP contribution in [0, 0.1) is 5.82 Å². The Hall–Kier alpha value is -2.77. The van der Waals surface area contributed by atoms with Crippen molar-refractivity contribution in [3.63, 3.8) is 0 Å². The number of nitrogens with zero attached hydrogens (tertiary/aromatic N) is 1. The maximum Gasteiger partial charge on any atom is 0.241 e. The number of carbonyl (C=O) groups excluding carboxylic acids is 2. The third kappa shape index (κ3) is 6.10. The van der Waals surface area contributed by atoms with Gasteiger partial charge in [-0.1, -0.05) is 24.3 Å². The van der Waals surface area contributed by atoms with Crippen molar-refractivity contribution in [2.24, 2.45) is 0 Å². The molecule has 1 atom stereocenters. The van der Waals surface area contributed by atoms with Crippen LogP contribution in [-0.2, 0) is 22.6 Å². The van der Waals surface area contributed by atoms with Gasteiger partial charge in [-0.3, -0.25) is 14.5 Å². The fourth-order valence-electron chi connectivity index (χ4n) is 3.51. The number of nitrogens with one attached hydrogen (secondary N) is 2. The van der Waals surface area contributed by atoms with Gasteiger partial charge in [0.05, 0.1) is 19.1 Å². The van der Waals surface area contributed by atoms with Gasteiger partial charge in [0.15, 0.2) is 0 Å². The van der Waals surface area contributed by atoms with E-state index in [0.717, 1.165) is 30.5 Å². The Balaban J connectivity index is 1.54. The van der Waals surface area contributed by atoms with E-state index in [1.165, 1.54) is 12.1 Å². The van der Waals surface area contributed by atoms with Crippen molar-refractivity contribution in [1.29, 1.82) is 0 Å². The number of halogens is 1. The highest BCUT2D eigenvalue weighted by Crippen LogP contribution is 2.22. The first-order valence-electron chi connectivity index (χ1n) is 9.81. The number of hydrogen-bond donors (Lipinski definition) is 3. The molecular weight excluding hydrogens is 373 g/mol. The number of rotatable bonds is 8. The van der Waals surface area contributed by atoms with Crippen LogP contribution in [0.5, 0.6) is 0 Å². The first kappa shape index (κ1) is 21.0. The molecular formula is C22H26FN3O3. The molecule has 0 saturated carbocycles. The highest BCUT2D eigenvalue weighted by molar-refractivity contribution is 5.95. The molecule has 3 rings (SSSR count). The van der Waals surface area contributed by atoms with Crippen LogP contribution < -0.4 is 10.6 Å². The zero-order chi connectivity index (χ0) is 20.6. The predicted octanol–water partition coefficient (Wildman–Crippen LogP) is 2.08. The third-order valence-corrected chi connectivity index (χ3v) is 4.99. The zero-order valence-electron chi connectivity index (χ0n) is 16.2. The van der Waals surface area contributed by atoms with Crippen molar-refractivity contribution in [3.8, 4) is 0 Å². The Labute approximate surface area is 169 Å². The second kappa shape index (κ2) is 10.1. The molecule has 1 unspecified atom stereocenters. The lowest BCUT2D eigenvalue weighted by atomic mass is 10.1. The fraction of sp³-hybridized carbons (Fsp3) is 0.364. The van der Waals surface area contributed by atoms with Gasteiger partial charge in [-0.15, -0.1) is 0 Å². The second-order valence-corrected chi connectivity index (χ2v) is 7.19. The molecule has 2 aromatic carbocycles. The van der Waals surface area contributed by atoms with Crippen molar-refractivity contribution in [2.75, 3.05) is 25.0 Å². The number of carbonyl (C=O) groups is 2. The summed E-state index contributed by atoms with van der Waals surface area (Å²) < 4.78 is 13.1. The van der Waals surface area contributed by atoms with E-state index in [9.17, 15) is 14.0 Å². The van der Waals surface area contributed by atoms with Gasteiger partial charge >= 0.3 is 0 Å². The van der Waals surface area contributed by atoms with Crippen LogP contribution >= 0.6 is 0 Å². The molecule has 0 aromatic heterocycles. The van der Waals surface area contributed by atoms with E-state index in [1.807, 2.05) is 0 Å². The average Bonchev–Trinajstić information content (AvgIpc) is 3.18. The molecule has 2 amide bonds. The van der Waals surface area contributed by atoms with Crippen molar-refractivity contribution in [1.82, 2.24) is 10.2 Å². The Morgan fingerprint density at radius 1 is 1.07 bits per heavy atom. The summed E-state index contributed by atoms with van der Waals surface area (Å²) in [6.07, 6.45) is 1.96. The van der Waals surface area contributed by atoms with Crippen LogP contribution in [0.15, 0.2) is 48.5 Å². The summed E-state index contributed by atoms with van der Waals surface area (Å²) in [7, 11) is 0. The Morgan fingerprint density at radius 2 is 1.76 bits per heavy atom. The summed E-state index contributed by atoms with van der Waals surface area (Å²) >= 11 is 0. The number of aliphatic hydroxyl groups is 1. The predicted molar refractivity (Wildman–Crippen MR) is 109 cm³/mol. The topological polar surface area (TPSA) is 81.7 Å². The minimum atomic E-state index is -0.265. The van der Waals surface area contributed by atoms with Gasteiger partial charge in [-0.2, -0.15) is 0 Å². The summed E-state index contributed by atoms with van der Waals surface area (Å²) in [6, 6.07) is 13.3. The van der Waals surface area contributed by atoms with E-state index in [4.69, 9.17) is 5.11 Å². The minimum Gasteiger partial charge on any atom is -0.395 e. The van der Waals surface area contributed by atoms with Crippen LogP contribution in [0.25, 0.3) is 0 Å².